The third-order valence-corrected chi connectivity index (χ3v) is 7.27. The molecule has 0 unspecified atom stereocenters. The van der Waals surface area contributed by atoms with Crippen molar-refractivity contribution in [2.75, 3.05) is 5.32 Å². The Kier molecular flexibility index (Phi) is 10.2. The first-order valence-electron chi connectivity index (χ1n) is 13.6. The normalized spacial score (nSPS) is 12.3. The topological polar surface area (TPSA) is 167 Å². The number of imide groups is 1. The van der Waals surface area contributed by atoms with Crippen molar-refractivity contribution in [3.8, 4) is 11.6 Å². The third-order valence-electron chi connectivity index (χ3n) is 5.64. The maximum Gasteiger partial charge on any atom is 0.435 e. The average molecular weight is 686 g/mol. The van der Waals surface area contributed by atoms with Gasteiger partial charge >= 0.3 is 18.4 Å². The van der Waals surface area contributed by atoms with E-state index in [0.29, 0.717) is 0 Å². The molecule has 0 radical (unpaired) electrons. The molecular formula is C29H31F4N5O8S. The van der Waals surface area contributed by atoms with Gasteiger partial charge in [0.2, 0.25) is 5.95 Å². The Morgan fingerprint density at radius 1 is 0.872 bits per heavy atom. The Hall–Kier alpha value is -4.87. The highest BCUT2D eigenvalue weighted by Gasteiger charge is 2.42. The Morgan fingerprint density at radius 3 is 1.96 bits per heavy atom. The number of benzene rings is 1. The largest absolute Gasteiger partial charge is 0.443 e. The predicted octanol–water partition coefficient (Wildman–Crippen LogP) is 6.55. The molecule has 13 nitrogen and oxygen atoms in total. The molecule has 18 heteroatoms. The van der Waals surface area contributed by atoms with Crippen LogP contribution in [-0.4, -0.2) is 57.2 Å². The van der Waals surface area contributed by atoms with E-state index >= 15 is 0 Å². The van der Waals surface area contributed by atoms with Crippen LogP contribution in [0.25, 0.3) is 0 Å². The first-order valence-corrected chi connectivity index (χ1v) is 15.0. The number of rotatable bonds is 6. The Bertz CT molecular complexity index is 1790. The maximum absolute atomic E-state index is 13.7. The minimum atomic E-state index is -5.06. The molecule has 0 saturated heterocycles. The lowest BCUT2D eigenvalue weighted by atomic mass is 10.1. The number of halogens is 4. The SMILES string of the molecule is Cc1nc(F)ccc1Oc1nnc(C(F)(F)F)c(C)c1C(=O)Nc1cccc(S(=O)(=O)N(C(=O)OC(C)(C)C)C(=O)OC(C)(C)C)c1. The Labute approximate surface area is 267 Å². The van der Waals surface area contributed by atoms with Gasteiger partial charge in [0.15, 0.2) is 11.4 Å². The van der Waals surface area contributed by atoms with Crippen molar-refractivity contribution in [2.24, 2.45) is 0 Å². The summed E-state index contributed by atoms with van der Waals surface area (Å²) in [6.07, 6.45) is -8.18. The van der Waals surface area contributed by atoms with Gasteiger partial charge in [-0.15, -0.1) is 10.2 Å². The second kappa shape index (κ2) is 13.1. The van der Waals surface area contributed by atoms with Crippen LogP contribution >= 0.6 is 0 Å². The molecule has 0 fully saturated rings. The lowest BCUT2D eigenvalue weighted by Gasteiger charge is -2.28. The van der Waals surface area contributed by atoms with Crippen molar-refractivity contribution in [3.63, 3.8) is 0 Å². The van der Waals surface area contributed by atoms with Crippen LogP contribution in [0, 0.1) is 19.8 Å². The fourth-order valence-corrected chi connectivity index (χ4v) is 4.95. The molecule has 2 aromatic heterocycles. The molecule has 0 aliphatic rings. The number of amides is 3. The van der Waals surface area contributed by atoms with Gasteiger partial charge in [0.25, 0.3) is 21.8 Å². The zero-order valence-electron chi connectivity index (χ0n) is 26.4. The fourth-order valence-electron chi connectivity index (χ4n) is 3.75. The first kappa shape index (κ1) is 36.6. The minimum absolute atomic E-state index is 0.0202. The van der Waals surface area contributed by atoms with Gasteiger partial charge in [-0.2, -0.15) is 17.6 Å². The molecule has 2 heterocycles. The number of aromatic nitrogens is 3. The van der Waals surface area contributed by atoms with Crippen molar-refractivity contribution in [2.45, 2.75) is 77.7 Å². The van der Waals surface area contributed by atoms with E-state index in [4.69, 9.17) is 14.2 Å². The monoisotopic (exact) mass is 685 g/mol. The van der Waals surface area contributed by atoms with E-state index in [-0.39, 0.29) is 21.4 Å². The zero-order chi connectivity index (χ0) is 35.7. The number of sulfonamides is 1. The average Bonchev–Trinajstić information content (AvgIpc) is 2.87. The van der Waals surface area contributed by atoms with Crippen molar-refractivity contribution in [3.05, 3.63) is 64.9 Å². The molecule has 3 amide bonds. The van der Waals surface area contributed by atoms with Crippen LogP contribution in [0.3, 0.4) is 0 Å². The third kappa shape index (κ3) is 9.11. The van der Waals surface area contributed by atoms with Gasteiger partial charge in [0.1, 0.15) is 16.8 Å². The van der Waals surface area contributed by atoms with Crippen LogP contribution in [-0.2, 0) is 25.7 Å². The number of carbonyl (C=O) groups is 3. The Balaban J connectivity index is 2.08. The van der Waals surface area contributed by atoms with E-state index in [1.807, 2.05) is 0 Å². The van der Waals surface area contributed by atoms with Gasteiger partial charge in [-0.3, -0.25) is 4.79 Å². The molecule has 0 aliphatic heterocycles. The molecule has 3 aromatic rings. The van der Waals surface area contributed by atoms with Gasteiger partial charge < -0.3 is 19.5 Å². The summed E-state index contributed by atoms with van der Waals surface area (Å²) in [5.41, 5.74) is -5.71. The van der Waals surface area contributed by atoms with E-state index in [9.17, 15) is 40.4 Å². The van der Waals surface area contributed by atoms with E-state index in [0.717, 1.165) is 37.3 Å². The molecule has 0 saturated carbocycles. The van der Waals surface area contributed by atoms with Crippen molar-refractivity contribution in [1.82, 2.24) is 19.5 Å². The summed E-state index contributed by atoms with van der Waals surface area (Å²) in [5.74, 6) is -2.95. The summed E-state index contributed by atoms with van der Waals surface area (Å²) in [6, 6.07) is 6.18. The predicted molar refractivity (Wildman–Crippen MR) is 157 cm³/mol. The summed E-state index contributed by atoms with van der Waals surface area (Å²) in [6.45, 7) is 10.9. The number of aryl methyl sites for hydroxylation is 1. The van der Waals surface area contributed by atoms with Crippen molar-refractivity contribution < 1.29 is 54.6 Å². The molecule has 1 N–H and O–H groups in total. The highest BCUT2D eigenvalue weighted by atomic mass is 32.2. The van der Waals surface area contributed by atoms with E-state index in [2.05, 4.69) is 20.5 Å². The molecule has 0 bridgehead atoms. The highest BCUT2D eigenvalue weighted by molar-refractivity contribution is 7.90. The summed E-state index contributed by atoms with van der Waals surface area (Å²) < 4.78 is 97.4. The number of hydrogen-bond acceptors (Lipinski definition) is 11. The molecule has 0 atom stereocenters. The second-order valence-corrected chi connectivity index (χ2v) is 13.7. The lowest BCUT2D eigenvalue weighted by molar-refractivity contribution is -0.142. The number of pyridine rings is 1. The second-order valence-electron chi connectivity index (χ2n) is 11.9. The minimum Gasteiger partial charge on any atom is -0.443 e. The molecule has 1 aromatic carbocycles. The Morgan fingerprint density at radius 2 is 1.45 bits per heavy atom. The number of alkyl halides is 3. The molecule has 0 aliphatic carbocycles. The smallest absolute Gasteiger partial charge is 0.435 e. The van der Waals surface area contributed by atoms with Gasteiger partial charge in [-0.05, 0) is 91.3 Å². The number of hydrogen-bond donors (Lipinski definition) is 1. The molecule has 3 rings (SSSR count). The van der Waals surface area contributed by atoms with Gasteiger partial charge in [0, 0.05) is 5.69 Å². The number of nitrogens with one attached hydrogen (secondary N) is 1. The lowest BCUT2D eigenvalue weighted by Crippen LogP contribution is -2.46. The fraction of sp³-hybridized carbons (Fsp3) is 0.379. The van der Waals surface area contributed by atoms with Gasteiger partial charge in [-0.1, -0.05) is 10.4 Å². The number of anilines is 1. The maximum atomic E-state index is 13.7. The van der Waals surface area contributed by atoms with Crippen molar-refractivity contribution in [1.29, 1.82) is 0 Å². The van der Waals surface area contributed by atoms with Crippen LogP contribution in [0.5, 0.6) is 11.6 Å². The number of nitrogens with zero attached hydrogens (tertiary/aromatic N) is 4. The summed E-state index contributed by atoms with van der Waals surface area (Å²) in [5, 5.41) is 8.84. The summed E-state index contributed by atoms with van der Waals surface area (Å²) in [4.78, 5) is 42.2. The molecule has 47 heavy (non-hydrogen) atoms. The van der Waals surface area contributed by atoms with E-state index in [1.165, 1.54) is 54.5 Å². The van der Waals surface area contributed by atoms with Gasteiger partial charge in [-0.25, -0.2) is 23.0 Å². The number of carbonyl (C=O) groups excluding carboxylic acids is 3. The summed E-state index contributed by atoms with van der Waals surface area (Å²) >= 11 is 0. The molecule has 254 valence electrons. The zero-order valence-corrected chi connectivity index (χ0v) is 27.3. The van der Waals surface area contributed by atoms with Crippen LogP contribution in [0.2, 0.25) is 0 Å². The summed E-state index contributed by atoms with van der Waals surface area (Å²) in [7, 11) is -5.06. The van der Waals surface area contributed by atoms with E-state index in [1.54, 1.807) is 0 Å². The van der Waals surface area contributed by atoms with Crippen LogP contribution in [0.15, 0.2) is 41.3 Å². The molecular weight excluding hydrogens is 654 g/mol. The van der Waals surface area contributed by atoms with Crippen LogP contribution in [0.4, 0.5) is 32.8 Å². The van der Waals surface area contributed by atoms with Crippen LogP contribution < -0.4 is 10.1 Å². The molecule has 0 spiro atoms. The highest BCUT2D eigenvalue weighted by Crippen LogP contribution is 2.35. The van der Waals surface area contributed by atoms with Crippen LogP contribution in [0.1, 0.15) is 68.9 Å². The van der Waals surface area contributed by atoms with Crippen molar-refractivity contribution >= 4 is 33.8 Å². The standard InChI is InChI=1S/C29H31F4N5O8S/c1-15-21(24(37-36-22(15)29(31,32)33)44-19-12-13-20(30)34-16(19)2)23(39)35-17-10-9-11-18(14-17)47(42,43)38(25(40)45-27(3,4)5)26(41)46-28(6,7)8/h9-14H,1-8H3,(H,35,39). The van der Waals surface area contributed by atoms with Gasteiger partial charge in [0.05, 0.1) is 10.6 Å². The van der Waals surface area contributed by atoms with E-state index < -0.39 is 79.0 Å². The first-order chi connectivity index (χ1) is 21.4. The quantitative estimate of drug-likeness (QED) is 0.221. The number of ether oxygens (including phenoxy) is 3.